The summed E-state index contributed by atoms with van der Waals surface area (Å²) in [4.78, 5) is 10.7. The van der Waals surface area contributed by atoms with Crippen LogP contribution < -0.4 is 0 Å². The van der Waals surface area contributed by atoms with Crippen LogP contribution in [0.5, 0.6) is 0 Å². The molecule has 1 aliphatic rings. The van der Waals surface area contributed by atoms with Crippen LogP contribution in [0.25, 0.3) is 0 Å². The average molecular weight is 202 g/mol. The van der Waals surface area contributed by atoms with E-state index in [1.54, 1.807) is 0 Å². The molecule has 1 heterocycles. The van der Waals surface area contributed by atoms with Gasteiger partial charge in [-0.05, 0) is 18.8 Å². The first-order chi connectivity index (χ1) is 6.20. The zero-order valence-corrected chi connectivity index (χ0v) is 7.54. The van der Waals surface area contributed by atoms with Crippen molar-refractivity contribution < 1.29 is 14.4 Å². The number of carboxylic acid groups (broad SMARTS) is 1. The van der Waals surface area contributed by atoms with Gasteiger partial charge in [-0.2, -0.15) is 0 Å². The van der Waals surface area contributed by atoms with Crippen LogP contribution in [0.15, 0.2) is 4.52 Å². The summed E-state index contributed by atoms with van der Waals surface area (Å²) in [7, 11) is 0. The van der Waals surface area contributed by atoms with Crippen LogP contribution in [0.3, 0.4) is 0 Å². The van der Waals surface area contributed by atoms with Gasteiger partial charge in [0.05, 0.1) is 0 Å². The third-order valence-corrected chi connectivity index (χ3v) is 2.66. The van der Waals surface area contributed by atoms with Crippen molar-refractivity contribution in [3.63, 3.8) is 0 Å². The van der Waals surface area contributed by atoms with E-state index in [2.05, 4.69) is 9.68 Å². The second-order valence-corrected chi connectivity index (χ2v) is 3.51. The van der Waals surface area contributed by atoms with Crippen molar-refractivity contribution in [1.29, 1.82) is 0 Å². The fourth-order valence-electron chi connectivity index (χ4n) is 1.48. The second-order valence-electron chi connectivity index (χ2n) is 3.15. The summed E-state index contributed by atoms with van der Waals surface area (Å²) in [6.07, 6.45) is 3.06. The van der Waals surface area contributed by atoms with Crippen LogP contribution in [-0.2, 0) is 0 Å². The number of hydrogen-bond donors (Lipinski definition) is 1. The standard InChI is InChI=1S/C8H8ClNO3/c9-7-5(4-2-1-3-4)6(8(11)12)13-10-7/h4H,1-3H2,(H,11,12). The van der Waals surface area contributed by atoms with Crippen LogP contribution in [0.2, 0.25) is 5.15 Å². The lowest BCUT2D eigenvalue weighted by Crippen LogP contribution is -2.12. The molecule has 0 unspecified atom stereocenters. The predicted molar refractivity (Wildman–Crippen MR) is 45.1 cm³/mol. The van der Waals surface area contributed by atoms with Crippen LogP contribution in [-0.4, -0.2) is 16.2 Å². The van der Waals surface area contributed by atoms with Gasteiger partial charge in [0.1, 0.15) is 0 Å². The lowest BCUT2D eigenvalue weighted by atomic mass is 9.80. The molecule has 5 heteroatoms. The van der Waals surface area contributed by atoms with Gasteiger partial charge in [0.25, 0.3) is 0 Å². The highest BCUT2D eigenvalue weighted by molar-refractivity contribution is 6.30. The topological polar surface area (TPSA) is 63.3 Å². The lowest BCUT2D eigenvalue weighted by molar-refractivity contribution is 0.0648. The van der Waals surface area contributed by atoms with Crippen molar-refractivity contribution >= 4 is 17.6 Å². The minimum Gasteiger partial charge on any atom is -0.475 e. The Labute approximate surface area is 79.5 Å². The highest BCUT2D eigenvalue weighted by Crippen LogP contribution is 2.41. The van der Waals surface area contributed by atoms with E-state index in [0.29, 0.717) is 5.56 Å². The van der Waals surface area contributed by atoms with Crippen molar-refractivity contribution in [2.45, 2.75) is 25.2 Å². The van der Waals surface area contributed by atoms with Gasteiger partial charge in [0.15, 0.2) is 5.15 Å². The molecule has 1 N–H and O–H groups in total. The number of carboxylic acids is 1. The average Bonchev–Trinajstić information content (AvgIpc) is 2.30. The zero-order valence-electron chi connectivity index (χ0n) is 6.79. The van der Waals surface area contributed by atoms with E-state index in [9.17, 15) is 4.79 Å². The molecule has 2 rings (SSSR count). The van der Waals surface area contributed by atoms with Gasteiger partial charge in [-0.15, -0.1) is 0 Å². The first-order valence-electron chi connectivity index (χ1n) is 4.08. The Kier molecular flexibility index (Phi) is 2.00. The lowest BCUT2D eigenvalue weighted by Gasteiger charge is -2.24. The molecule has 1 fully saturated rings. The maximum Gasteiger partial charge on any atom is 0.375 e. The van der Waals surface area contributed by atoms with Crippen LogP contribution >= 0.6 is 11.6 Å². The van der Waals surface area contributed by atoms with Crippen molar-refractivity contribution in [3.05, 3.63) is 16.5 Å². The Morgan fingerprint density at radius 1 is 1.62 bits per heavy atom. The van der Waals surface area contributed by atoms with Gasteiger partial charge in [-0.3, -0.25) is 0 Å². The Balaban J connectivity index is 2.39. The second kappa shape index (κ2) is 3.03. The number of rotatable bonds is 2. The smallest absolute Gasteiger partial charge is 0.375 e. The summed E-state index contributed by atoms with van der Waals surface area (Å²) in [6.45, 7) is 0. The minimum absolute atomic E-state index is 0.102. The van der Waals surface area contributed by atoms with Crippen LogP contribution in [0.4, 0.5) is 0 Å². The highest BCUT2D eigenvalue weighted by atomic mass is 35.5. The molecule has 0 amide bonds. The Morgan fingerprint density at radius 3 is 2.77 bits per heavy atom. The van der Waals surface area contributed by atoms with Crippen molar-refractivity contribution in [2.75, 3.05) is 0 Å². The van der Waals surface area contributed by atoms with E-state index in [1.165, 1.54) is 0 Å². The maximum atomic E-state index is 10.7. The third kappa shape index (κ3) is 1.31. The van der Waals surface area contributed by atoms with Gasteiger partial charge < -0.3 is 9.63 Å². The minimum atomic E-state index is -1.10. The third-order valence-electron chi connectivity index (χ3n) is 2.39. The van der Waals surface area contributed by atoms with Crippen molar-refractivity contribution in [3.8, 4) is 0 Å². The summed E-state index contributed by atoms with van der Waals surface area (Å²) >= 11 is 5.73. The molecule has 70 valence electrons. The normalized spacial score (nSPS) is 17.0. The molecule has 1 aromatic rings. The number of nitrogens with zero attached hydrogens (tertiary/aromatic N) is 1. The van der Waals surface area contributed by atoms with E-state index in [1.807, 2.05) is 0 Å². The molecular formula is C8H8ClNO3. The predicted octanol–water partition coefficient (Wildman–Crippen LogP) is 2.29. The van der Waals surface area contributed by atoms with Crippen LogP contribution in [0, 0.1) is 0 Å². The van der Waals surface area contributed by atoms with Gasteiger partial charge in [-0.25, -0.2) is 4.79 Å². The summed E-state index contributed by atoms with van der Waals surface area (Å²) < 4.78 is 4.63. The first-order valence-corrected chi connectivity index (χ1v) is 4.46. The number of aromatic carboxylic acids is 1. The molecular weight excluding hydrogens is 194 g/mol. The van der Waals surface area contributed by atoms with E-state index >= 15 is 0 Å². The van der Waals surface area contributed by atoms with E-state index < -0.39 is 5.97 Å². The molecule has 0 radical (unpaired) electrons. The maximum absolute atomic E-state index is 10.7. The SMILES string of the molecule is O=C(O)c1onc(Cl)c1C1CCC1. The fourth-order valence-corrected chi connectivity index (χ4v) is 1.76. The summed E-state index contributed by atoms with van der Waals surface area (Å²) in [6, 6.07) is 0. The molecule has 1 aromatic heterocycles. The van der Waals surface area contributed by atoms with Crippen molar-refractivity contribution in [1.82, 2.24) is 5.16 Å². The number of hydrogen-bond acceptors (Lipinski definition) is 3. The van der Waals surface area contributed by atoms with Gasteiger partial charge in [0.2, 0.25) is 5.76 Å². The molecule has 13 heavy (non-hydrogen) atoms. The number of carbonyl (C=O) groups is 1. The molecule has 1 saturated carbocycles. The molecule has 0 atom stereocenters. The summed E-state index contributed by atoms with van der Waals surface area (Å²) in [5, 5.41) is 12.4. The number of aromatic nitrogens is 1. The monoisotopic (exact) mass is 201 g/mol. The molecule has 4 nitrogen and oxygen atoms in total. The van der Waals surface area contributed by atoms with Crippen LogP contribution in [0.1, 0.15) is 41.3 Å². The summed E-state index contributed by atoms with van der Waals surface area (Å²) in [5.74, 6) is -0.971. The molecule has 0 spiro atoms. The zero-order chi connectivity index (χ0) is 9.42. The first kappa shape index (κ1) is 8.56. The molecule has 1 aliphatic carbocycles. The van der Waals surface area contributed by atoms with E-state index in [-0.39, 0.29) is 16.8 Å². The Hall–Kier alpha value is -1.03. The Morgan fingerprint density at radius 2 is 2.31 bits per heavy atom. The van der Waals surface area contributed by atoms with E-state index in [4.69, 9.17) is 16.7 Å². The fraction of sp³-hybridized carbons (Fsp3) is 0.500. The van der Waals surface area contributed by atoms with Gasteiger partial charge in [0, 0.05) is 5.56 Å². The number of halogens is 1. The molecule has 0 saturated heterocycles. The van der Waals surface area contributed by atoms with E-state index in [0.717, 1.165) is 19.3 Å². The molecule has 0 aliphatic heterocycles. The molecule has 0 bridgehead atoms. The Bertz CT molecular complexity index is 343. The quantitative estimate of drug-likeness (QED) is 0.798. The highest BCUT2D eigenvalue weighted by Gasteiger charge is 2.31. The molecule has 0 aromatic carbocycles. The van der Waals surface area contributed by atoms with Crippen molar-refractivity contribution in [2.24, 2.45) is 0 Å². The van der Waals surface area contributed by atoms with Gasteiger partial charge >= 0.3 is 5.97 Å². The largest absolute Gasteiger partial charge is 0.475 e. The van der Waals surface area contributed by atoms with Gasteiger partial charge in [-0.1, -0.05) is 23.2 Å². The summed E-state index contributed by atoms with van der Waals surface area (Å²) in [5.41, 5.74) is 0.570.